The van der Waals surface area contributed by atoms with Crippen molar-refractivity contribution in [3.63, 3.8) is 0 Å². The van der Waals surface area contributed by atoms with Crippen LogP contribution in [-0.2, 0) is 11.2 Å². The Morgan fingerprint density at radius 2 is 2.00 bits per heavy atom. The van der Waals surface area contributed by atoms with Crippen molar-refractivity contribution >= 4 is 17.5 Å². The van der Waals surface area contributed by atoms with Crippen LogP contribution in [0.15, 0.2) is 23.0 Å². The van der Waals surface area contributed by atoms with E-state index >= 15 is 0 Å². The number of carbonyl (C=O) groups is 2. The zero-order valence-corrected chi connectivity index (χ0v) is 19.5. The van der Waals surface area contributed by atoms with Gasteiger partial charge in [0.2, 0.25) is 5.91 Å². The number of hydrogen-bond donors (Lipinski definition) is 2. The minimum absolute atomic E-state index is 0.0426. The van der Waals surface area contributed by atoms with Crippen LogP contribution in [0.4, 0.5) is 0 Å². The lowest BCUT2D eigenvalue weighted by molar-refractivity contribution is -0.126. The Bertz CT molecular complexity index is 1160. The lowest BCUT2D eigenvalue weighted by Gasteiger charge is -2.25. The van der Waals surface area contributed by atoms with Crippen molar-refractivity contribution in [2.24, 2.45) is 11.8 Å². The molecule has 1 aliphatic carbocycles. The van der Waals surface area contributed by atoms with Gasteiger partial charge in [-0.2, -0.15) is 5.10 Å². The molecule has 0 bridgehead atoms. The molecule has 180 valence electrons. The second-order valence-electron chi connectivity index (χ2n) is 9.53. The maximum atomic E-state index is 13.0. The van der Waals surface area contributed by atoms with Crippen LogP contribution in [0.1, 0.15) is 85.0 Å². The highest BCUT2D eigenvalue weighted by Crippen LogP contribution is 2.33. The molecule has 5 rings (SSSR count). The van der Waals surface area contributed by atoms with E-state index in [1.165, 1.54) is 12.8 Å². The van der Waals surface area contributed by atoms with Gasteiger partial charge in [0, 0.05) is 18.9 Å². The third-order valence-electron chi connectivity index (χ3n) is 7.09. The van der Waals surface area contributed by atoms with E-state index in [0.29, 0.717) is 12.1 Å². The van der Waals surface area contributed by atoms with Gasteiger partial charge in [-0.1, -0.05) is 30.8 Å². The van der Waals surface area contributed by atoms with Gasteiger partial charge in [0.15, 0.2) is 11.3 Å². The van der Waals surface area contributed by atoms with Crippen molar-refractivity contribution < 1.29 is 14.2 Å². The highest BCUT2D eigenvalue weighted by atomic mass is 16.6. The molecular formula is C24H31N7O3. The van der Waals surface area contributed by atoms with Gasteiger partial charge in [0.1, 0.15) is 5.69 Å². The Morgan fingerprint density at radius 3 is 2.74 bits per heavy atom. The fourth-order valence-electron chi connectivity index (χ4n) is 5.21. The van der Waals surface area contributed by atoms with E-state index in [1.54, 1.807) is 11.4 Å². The molecule has 2 N–H and O–H groups in total. The van der Waals surface area contributed by atoms with Crippen LogP contribution in [0.2, 0.25) is 0 Å². The molecular weight excluding hydrogens is 434 g/mol. The van der Waals surface area contributed by atoms with Gasteiger partial charge in [0.05, 0.1) is 23.6 Å². The number of amides is 2. The Balaban J connectivity index is 1.41. The molecule has 4 heterocycles. The minimum Gasteiger partial charge on any atom is -0.356 e. The standard InChI is InChI=1S/C24H31N7O3/c1-15-21(30-34-29-15)24(33)27-22(16-7-4-2-3-5-8-16)19-14-31-20(26-19)11-10-18(28-31)13-17-9-6-12-25-23(17)32/h10-11,14,16-17,22H,2-9,12-13H2,1H3,(H,25,32)(H,27,33)/t17?,22-/m0/s1. The molecule has 1 aliphatic heterocycles. The van der Waals surface area contributed by atoms with Crippen LogP contribution < -0.4 is 10.6 Å². The second kappa shape index (κ2) is 9.90. The first-order valence-electron chi connectivity index (χ1n) is 12.3. The number of fused-ring (bicyclic) bond motifs is 1. The predicted octanol–water partition coefficient (Wildman–Crippen LogP) is 2.93. The van der Waals surface area contributed by atoms with Gasteiger partial charge in [-0.05, 0) is 55.8 Å². The molecule has 10 nitrogen and oxygen atoms in total. The van der Waals surface area contributed by atoms with Crippen LogP contribution >= 0.6 is 0 Å². The summed E-state index contributed by atoms with van der Waals surface area (Å²) < 4.78 is 6.50. The van der Waals surface area contributed by atoms with E-state index in [-0.39, 0.29) is 35.4 Å². The molecule has 2 aliphatic rings. The first kappa shape index (κ1) is 22.5. The Kier molecular flexibility index (Phi) is 6.55. The molecule has 2 amide bonds. The van der Waals surface area contributed by atoms with Crippen molar-refractivity contribution in [1.29, 1.82) is 0 Å². The van der Waals surface area contributed by atoms with Gasteiger partial charge in [-0.3, -0.25) is 9.59 Å². The number of imidazole rings is 1. The monoisotopic (exact) mass is 465 g/mol. The van der Waals surface area contributed by atoms with Crippen molar-refractivity contribution in [2.45, 2.75) is 70.8 Å². The maximum Gasteiger partial charge on any atom is 0.276 e. The van der Waals surface area contributed by atoms with Gasteiger partial charge in [-0.25, -0.2) is 14.1 Å². The number of carbonyl (C=O) groups excluding carboxylic acids is 2. The fraction of sp³-hybridized carbons (Fsp3) is 0.583. The van der Waals surface area contributed by atoms with E-state index in [1.807, 2.05) is 18.3 Å². The van der Waals surface area contributed by atoms with Gasteiger partial charge in [0.25, 0.3) is 5.91 Å². The number of nitrogens with zero attached hydrogens (tertiary/aromatic N) is 5. The molecule has 2 fully saturated rings. The van der Waals surface area contributed by atoms with E-state index in [0.717, 1.165) is 62.1 Å². The first-order chi connectivity index (χ1) is 16.6. The zero-order valence-electron chi connectivity index (χ0n) is 19.5. The second-order valence-corrected chi connectivity index (χ2v) is 9.53. The third kappa shape index (κ3) is 4.80. The summed E-state index contributed by atoms with van der Waals surface area (Å²) in [6.07, 6.45) is 11.2. The maximum absolute atomic E-state index is 13.0. The highest BCUT2D eigenvalue weighted by molar-refractivity contribution is 5.93. The lowest BCUT2D eigenvalue weighted by atomic mass is 9.90. The SMILES string of the molecule is Cc1nonc1C(=O)N[C@H](c1cn2nc(CC3CCCNC3=O)ccc2n1)C1CCCCCC1. The van der Waals surface area contributed by atoms with Crippen LogP contribution in [0.25, 0.3) is 5.65 Å². The molecule has 1 saturated heterocycles. The van der Waals surface area contributed by atoms with Gasteiger partial charge < -0.3 is 10.6 Å². The van der Waals surface area contributed by atoms with Crippen LogP contribution in [0.5, 0.6) is 0 Å². The molecule has 34 heavy (non-hydrogen) atoms. The predicted molar refractivity (Wildman–Crippen MR) is 123 cm³/mol. The number of aryl methyl sites for hydroxylation is 1. The summed E-state index contributed by atoms with van der Waals surface area (Å²) in [6.45, 7) is 2.46. The van der Waals surface area contributed by atoms with E-state index in [9.17, 15) is 9.59 Å². The topological polar surface area (TPSA) is 127 Å². The molecule has 0 aromatic carbocycles. The van der Waals surface area contributed by atoms with Crippen LogP contribution in [-0.4, -0.2) is 43.3 Å². The van der Waals surface area contributed by atoms with Crippen molar-refractivity contribution in [1.82, 2.24) is 35.5 Å². The summed E-state index contributed by atoms with van der Waals surface area (Å²) >= 11 is 0. The van der Waals surface area contributed by atoms with Crippen molar-refractivity contribution in [3.8, 4) is 0 Å². The summed E-state index contributed by atoms with van der Waals surface area (Å²) in [5.74, 6) is 0.0382. The molecule has 2 atom stereocenters. The number of hydrogen-bond acceptors (Lipinski definition) is 7. The molecule has 3 aromatic heterocycles. The fourth-order valence-corrected chi connectivity index (χ4v) is 5.21. The number of rotatable bonds is 6. The van der Waals surface area contributed by atoms with E-state index in [2.05, 4.69) is 20.9 Å². The van der Waals surface area contributed by atoms with Crippen molar-refractivity contribution in [2.75, 3.05) is 6.54 Å². The van der Waals surface area contributed by atoms with Crippen molar-refractivity contribution in [3.05, 3.63) is 41.1 Å². The Morgan fingerprint density at radius 1 is 1.18 bits per heavy atom. The van der Waals surface area contributed by atoms with E-state index < -0.39 is 0 Å². The number of aromatic nitrogens is 5. The largest absolute Gasteiger partial charge is 0.356 e. The minimum atomic E-state index is -0.304. The summed E-state index contributed by atoms with van der Waals surface area (Å²) in [6, 6.07) is 3.62. The molecule has 10 heteroatoms. The summed E-state index contributed by atoms with van der Waals surface area (Å²) in [5.41, 5.74) is 3.03. The molecule has 0 radical (unpaired) electrons. The molecule has 1 saturated carbocycles. The average molecular weight is 466 g/mol. The lowest BCUT2D eigenvalue weighted by Crippen LogP contribution is -2.37. The summed E-state index contributed by atoms with van der Waals surface area (Å²) in [4.78, 5) is 30.0. The van der Waals surface area contributed by atoms with Crippen LogP contribution in [0, 0.1) is 18.8 Å². The first-order valence-corrected chi connectivity index (χ1v) is 12.3. The quantitative estimate of drug-likeness (QED) is 0.536. The number of piperidine rings is 1. The van der Waals surface area contributed by atoms with Gasteiger partial charge >= 0.3 is 0 Å². The van der Waals surface area contributed by atoms with Crippen LogP contribution in [0.3, 0.4) is 0 Å². The number of nitrogens with one attached hydrogen (secondary N) is 2. The average Bonchev–Trinajstić information content (AvgIpc) is 3.35. The summed E-state index contributed by atoms with van der Waals surface area (Å²) in [7, 11) is 0. The third-order valence-corrected chi connectivity index (χ3v) is 7.09. The van der Waals surface area contributed by atoms with E-state index in [4.69, 9.17) is 14.7 Å². The van der Waals surface area contributed by atoms with Gasteiger partial charge in [-0.15, -0.1) is 0 Å². The highest BCUT2D eigenvalue weighted by Gasteiger charge is 2.30. The molecule has 0 spiro atoms. The smallest absolute Gasteiger partial charge is 0.276 e. The molecule has 1 unspecified atom stereocenters. The Hall–Kier alpha value is -3.30. The summed E-state index contributed by atoms with van der Waals surface area (Å²) in [5, 5.41) is 18.4. The Labute approximate surface area is 197 Å². The molecule has 3 aromatic rings. The zero-order chi connectivity index (χ0) is 23.5. The normalized spacial score (nSPS) is 20.6.